The summed E-state index contributed by atoms with van der Waals surface area (Å²) in [7, 11) is 0. The van der Waals surface area contributed by atoms with Gasteiger partial charge in [-0.05, 0) is 39.3 Å². The number of nitrogens with one attached hydrogen (secondary N) is 2. The lowest BCUT2D eigenvalue weighted by Crippen LogP contribution is -2.63. The van der Waals surface area contributed by atoms with Crippen LogP contribution in [-0.4, -0.2) is 58.4 Å². The molecule has 3 atom stereocenters. The van der Waals surface area contributed by atoms with E-state index in [1.165, 1.54) is 17.0 Å². The Hall–Kier alpha value is -3.10. The largest absolute Gasteiger partial charge is 0.506 e. The Labute approximate surface area is 168 Å². The smallest absolute Gasteiger partial charge is 0.410 e. The number of piperidine rings is 2. The summed E-state index contributed by atoms with van der Waals surface area (Å²) in [5.41, 5.74) is -0.557. The highest BCUT2D eigenvalue weighted by Gasteiger charge is 2.49. The van der Waals surface area contributed by atoms with Gasteiger partial charge in [0.05, 0.1) is 11.6 Å². The van der Waals surface area contributed by atoms with E-state index in [1.807, 2.05) is 0 Å². The van der Waals surface area contributed by atoms with Crippen molar-refractivity contribution in [3.8, 4) is 5.75 Å². The summed E-state index contributed by atoms with van der Waals surface area (Å²) >= 11 is 0. The van der Waals surface area contributed by atoms with Gasteiger partial charge in [-0.25, -0.2) is 4.79 Å². The highest BCUT2D eigenvalue weighted by molar-refractivity contribution is 6.23. The fourth-order valence-electron chi connectivity index (χ4n) is 3.55. The molecule has 0 aliphatic carbocycles. The van der Waals surface area contributed by atoms with Gasteiger partial charge in [-0.15, -0.1) is 0 Å². The minimum atomic E-state index is -1.55. The van der Waals surface area contributed by atoms with Gasteiger partial charge < -0.3 is 25.4 Å². The first-order valence-electron chi connectivity index (χ1n) is 9.47. The average Bonchev–Trinajstić information content (AvgIpc) is 2.62. The van der Waals surface area contributed by atoms with E-state index in [-0.39, 0.29) is 18.0 Å². The maximum atomic E-state index is 13.0. The molecule has 0 saturated carbocycles. The van der Waals surface area contributed by atoms with Crippen LogP contribution in [0.25, 0.3) is 0 Å². The normalized spacial score (nSPS) is 24.4. The van der Waals surface area contributed by atoms with Crippen LogP contribution in [0.4, 0.5) is 10.5 Å². The van der Waals surface area contributed by atoms with Crippen LogP contribution in [0.1, 0.15) is 27.2 Å². The van der Waals surface area contributed by atoms with Crippen LogP contribution in [0, 0.1) is 11.8 Å². The van der Waals surface area contributed by atoms with E-state index in [4.69, 9.17) is 4.74 Å². The fraction of sp³-hybridized carbons (Fsp3) is 0.500. The van der Waals surface area contributed by atoms with Crippen LogP contribution in [-0.2, 0) is 19.1 Å². The number of para-hydroxylation sites is 2. The van der Waals surface area contributed by atoms with Gasteiger partial charge in [-0.1, -0.05) is 12.1 Å². The third-order valence-corrected chi connectivity index (χ3v) is 4.93. The number of nitrogens with zero attached hydrogens (tertiary/aromatic N) is 1. The number of hydrogen-bond donors (Lipinski definition) is 3. The lowest BCUT2D eigenvalue weighted by Gasteiger charge is -2.42. The van der Waals surface area contributed by atoms with Gasteiger partial charge in [-0.2, -0.15) is 0 Å². The van der Waals surface area contributed by atoms with Gasteiger partial charge in [0, 0.05) is 19.1 Å². The highest BCUT2D eigenvalue weighted by Crippen LogP contribution is 2.29. The van der Waals surface area contributed by atoms with Gasteiger partial charge >= 0.3 is 6.09 Å². The number of rotatable bonds is 2. The number of phenolic OH excluding ortho intramolecular Hbond substituents is 1. The molecular formula is C20H25N3O6. The van der Waals surface area contributed by atoms with Crippen molar-refractivity contribution in [2.75, 3.05) is 18.4 Å². The average molecular weight is 403 g/mol. The Bertz CT molecular complexity index is 847. The molecular weight excluding hydrogens is 378 g/mol. The zero-order chi connectivity index (χ0) is 21.3. The second-order valence-corrected chi connectivity index (χ2v) is 8.28. The first kappa shape index (κ1) is 20.6. The summed E-state index contributed by atoms with van der Waals surface area (Å²) in [5.74, 6) is -4.45. The van der Waals surface area contributed by atoms with Gasteiger partial charge in [0.25, 0.3) is 0 Å². The first-order chi connectivity index (χ1) is 13.6. The van der Waals surface area contributed by atoms with Gasteiger partial charge in [0.1, 0.15) is 11.4 Å². The molecule has 2 fully saturated rings. The number of carbonyl (C=O) groups excluding carboxylic acids is 4. The summed E-state index contributed by atoms with van der Waals surface area (Å²) in [4.78, 5) is 51.8. The number of ether oxygens (including phenoxy) is 1. The maximum Gasteiger partial charge on any atom is 0.410 e. The van der Waals surface area contributed by atoms with Crippen LogP contribution in [0.3, 0.4) is 0 Å². The number of aromatic hydroxyl groups is 1. The number of amides is 3. The second kappa shape index (κ2) is 7.73. The maximum absolute atomic E-state index is 13.0. The van der Waals surface area contributed by atoms with E-state index in [1.54, 1.807) is 32.9 Å². The van der Waals surface area contributed by atoms with E-state index >= 15 is 0 Å². The summed E-state index contributed by atoms with van der Waals surface area (Å²) in [6.07, 6.45) is -0.134. The van der Waals surface area contributed by atoms with Crippen molar-refractivity contribution >= 4 is 29.4 Å². The molecule has 2 aliphatic heterocycles. The summed E-state index contributed by atoms with van der Waals surface area (Å²) in [6.45, 7) is 5.67. The minimum Gasteiger partial charge on any atom is -0.506 e. The van der Waals surface area contributed by atoms with Gasteiger partial charge in [0.2, 0.25) is 11.8 Å². The third kappa shape index (κ3) is 4.49. The van der Waals surface area contributed by atoms with E-state index < -0.39 is 47.2 Å². The summed E-state index contributed by atoms with van der Waals surface area (Å²) in [6, 6.07) is 5.61. The van der Waals surface area contributed by atoms with E-state index in [9.17, 15) is 24.3 Å². The minimum absolute atomic E-state index is 0.0685. The monoisotopic (exact) mass is 403 g/mol. The summed E-state index contributed by atoms with van der Waals surface area (Å²) < 4.78 is 5.36. The molecule has 0 bridgehead atoms. The van der Waals surface area contributed by atoms with Gasteiger partial charge in [-0.3, -0.25) is 14.4 Å². The molecule has 9 nitrogen and oxygen atoms in total. The highest BCUT2D eigenvalue weighted by atomic mass is 16.6. The van der Waals surface area contributed by atoms with Crippen LogP contribution in [0.15, 0.2) is 24.3 Å². The summed E-state index contributed by atoms with van der Waals surface area (Å²) in [5, 5.41) is 15.0. The molecule has 1 aromatic rings. The van der Waals surface area contributed by atoms with Gasteiger partial charge in [0.15, 0.2) is 11.7 Å². The van der Waals surface area contributed by atoms with Crippen molar-refractivity contribution in [1.82, 2.24) is 10.2 Å². The molecule has 156 valence electrons. The van der Waals surface area contributed by atoms with Crippen molar-refractivity contribution in [2.24, 2.45) is 11.8 Å². The quantitative estimate of drug-likeness (QED) is 0.504. The van der Waals surface area contributed by atoms with Crippen LogP contribution in [0.2, 0.25) is 0 Å². The Morgan fingerprint density at radius 3 is 2.59 bits per heavy atom. The lowest BCUT2D eigenvalue weighted by molar-refractivity contribution is -0.147. The predicted molar refractivity (Wildman–Crippen MR) is 103 cm³/mol. The van der Waals surface area contributed by atoms with Crippen molar-refractivity contribution in [1.29, 1.82) is 0 Å². The second-order valence-electron chi connectivity index (χ2n) is 8.28. The number of benzene rings is 1. The molecule has 2 saturated heterocycles. The number of ketones is 1. The third-order valence-electron chi connectivity index (χ3n) is 4.93. The molecule has 9 heteroatoms. The molecule has 3 unspecified atom stereocenters. The first-order valence-corrected chi connectivity index (χ1v) is 9.47. The van der Waals surface area contributed by atoms with Crippen molar-refractivity contribution in [3.05, 3.63) is 24.3 Å². The number of Topliss-reactive ketones (excluding diaryl/α,β-unsaturated/α-hetero) is 1. The van der Waals surface area contributed by atoms with Crippen LogP contribution < -0.4 is 10.6 Å². The number of carbonyl (C=O) groups is 4. The zero-order valence-electron chi connectivity index (χ0n) is 16.6. The Balaban J connectivity index is 1.73. The SMILES string of the molecule is CC(C)(C)OC(=O)N1CCC2NC(=O)C(C(=O)Nc3ccccc3O)C(=O)C2C1. The molecule has 2 heterocycles. The molecule has 3 amide bonds. The molecule has 0 aromatic heterocycles. The Morgan fingerprint density at radius 1 is 1.24 bits per heavy atom. The standard InChI is InChI=1S/C20H25N3O6/c1-20(2,3)29-19(28)23-9-8-12-11(10-23)16(25)15(17(26)21-12)18(27)22-13-6-4-5-7-14(13)24/h4-7,11-12,15,24H,8-10H2,1-3H3,(H,21,26)(H,22,27). The number of hydrogen-bond acceptors (Lipinski definition) is 6. The molecule has 29 heavy (non-hydrogen) atoms. The van der Waals surface area contributed by atoms with Crippen molar-refractivity contribution in [3.63, 3.8) is 0 Å². The lowest BCUT2D eigenvalue weighted by atomic mass is 9.78. The Morgan fingerprint density at radius 2 is 1.93 bits per heavy atom. The number of anilines is 1. The van der Waals surface area contributed by atoms with E-state index in [0.717, 1.165) is 0 Å². The number of likely N-dealkylation sites (tertiary alicyclic amines) is 1. The van der Waals surface area contributed by atoms with Crippen LogP contribution >= 0.6 is 0 Å². The molecule has 2 aliphatic rings. The molecule has 0 radical (unpaired) electrons. The number of fused-ring (bicyclic) bond motifs is 1. The fourth-order valence-corrected chi connectivity index (χ4v) is 3.55. The molecule has 3 N–H and O–H groups in total. The topological polar surface area (TPSA) is 125 Å². The number of phenols is 1. The molecule has 3 rings (SSSR count). The van der Waals surface area contributed by atoms with Crippen LogP contribution in [0.5, 0.6) is 5.75 Å². The van der Waals surface area contributed by atoms with Crippen molar-refractivity contribution < 1.29 is 29.0 Å². The van der Waals surface area contributed by atoms with E-state index in [2.05, 4.69) is 10.6 Å². The van der Waals surface area contributed by atoms with Crippen molar-refractivity contribution in [2.45, 2.75) is 38.8 Å². The Kier molecular flexibility index (Phi) is 5.50. The molecule has 1 aromatic carbocycles. The van der Waals surface area contributed by atoms with E-state index in [0.29, 0.717) is 13.0 Å². The predicted octanol–water partition coefficient (Wildman–Crippen LogP) is 1.27. The zero-order valence-corrected chi connectivity index (χ0v) is 16.6. The molecule has 0 spiro atoms.